The van der Waals surface area contributed by atoms with Gasteiger partial charge in [0.25, 0.3) is 0 Å². The third-order valence-corrected chi connectivity index (χ3v) is 6.13. The second-order valence-electron chi connectivity index (χ2n) is 5.40. The SMILES string of the molecule is CSCC(C)NS(=O)(=O)c1cc(CNC2CC2)ccc1Cl. The molecule has 7 heteroatoms. The molecule has 0 amide bonds. The number of hydrogen-bond acceptors (Lipinski definition) is 4. The second-order valence-corrected chi connectivity index (χ2v) is 8.40. The van der Waals surface area contributed by atoms with Crippen molar-refractivity contribution >= 4 is 33.4 Å². The molecule has 2 N–H and O–H groups in total. The lowest BCUT2D eigenvalue weighted by Gasteiger charge is -2.15. The van der Waals surface area contributed by atoms with E-state index in [1.54, 1.807) is 23.9 Å². The molecule has 1 aliphatic rings. The van der Waals surface area contributed by atoms with Crippen LogP contribution in [0.5, 0.6) is 0 Å². The van der Waals surface area contributed by atoms with Crippen molar-refractivity contribution < 1.29 is 8.42 Å². The summed E-state index contributed by atoms with van der Waals surface area (Å²) in [5, 5.41) is 3.63. The summed E-state index contributed by atoms with van der Waals surface area (Å²) in [6.07, 6.45) is 4.35. The molecule has 1 aromatic rings. The summed E-state index contributed by atoms with van der Waals surface area (Å²) in [5.74, 6) is 0.722. The summed E-state index contributed by atoms with van der Waals surface area (Å²) in [5.41, 5.74) is 0.934. The first-order chi connectivity index (χ1) is 9.92. The largest absolute Gasteiger partial charge is 0.310 e. The Morgan fingerprint density at radius 3 is 2.76 bits per heavy atom. The van der Waals surface area contributed by atoms with Gasteiger partial charge in [0.05, 0.1) is 5.02 Å². The molecule has 0 radical (unpaired) electrons. The van der Waals surface area contributed by atoms with Gasteiger partial charge in [-0.1, -0.05) is 17.7 Å². The quantitative estimate of drug-likeness (QED) is 0.758. The Morgan fingerprint density at radius 1 is 1.43 bits per heavy atom. The number of benzene rings is 1. The van der Waals surface area contributed by atoms with Gasteiger partial charge in [0.15, 0.2) is 0 Å². The molecule has 1 atom stereocenters. The average Bonchev–Trinajstić information content (AvgIpc) is 3.21. The van der Waals surface area contributed by atoms with Crippen LogP contribution in [0.2, 0.25) is 5.02 Å². The number of hydrogen-bond donors (Lipinski definition) is 2. The molecule has 0 saturated heterocycles. The summed E-state index contributed by atoms with van der Waals surface area (Å²) in [6, 6.07) is 5.63. The van der Waals surface area contributed by atoms with Crippen molar-refractivity contribution in [2.45, 2.75) is 43.3 Å². The molecule has 1 fully saturated rings. The predicted octanol–water partition coefficient (Wildman–Crippen LogP) is 2.62. The molecular weight excluding hydrogens is 328 g/mol. The highest BCUT2D eigenvalue weighted by molar-refractivity contribution is 7.98. The molecule has 0 aliphatic heterocycles. The maximum atomic E-state index is 12.4. The van der Waals surface area contributed by atoms with Crippen LogP contribution < -0.4 is 10.0 Å². The maximum absolute atomic E-state index is 12.4. The van der Waals surface area contributed by atoms with Crippen LogP contribution in [-0.2, 0) is 16.6 Å². The lowest BCUT2D eigenvalue weighted by molar-refractivity contribution is 0.571. The molecule has 0 spiro atoms. The first-order valence-electron chi connectivity index (χ1n) is 6.95. The number of nitrogens with one attached hydrogen (secondary N) is 2. The Balaban J connectivity index is 2.13. The van der Waals surface area contributed by atoms with Crippen LogP contribution in [-0.4, -0.2) is 32.5 Å². The van der Waals surface area contributed by atoms with Crippen LogP contribution in [0, 0.1) is 0 Å². The molecule has 118 valence electrons. The monoisotopic (exact) mass is 348 g/mol. The van der Waals surface area contributed by atoms with E-state index >= 15 is 0 Å². The van der Waals surface area contributed by atoms with E-state index in [2.05, 4.69) is 10.0 Å². The van der Waals surface area contributed by atoms with E-state index in [1.165, 1.54) is 12.8 Å². The zero-order valence-electron chi connectivity index (χ0n) is 12.2. The molecule has 0 bridgehead atoms. The molecule has 1 saturated carbocycles. The Kier molecular flexibility index (Phi) is 5.96. The summed E-state index contributed by atoms with van der Waals surface area (Å²) in [7, 11) is -3.58. The Labute approximate surface area is 136 Å². The number of halogens is 1. The number of sulfonamides is 1. The van der Waals surface area contributed by atoms with Gasteiger partial charge in [-0.2, -0.15) is 11.8 Å². The van der Waals surface area contributed by atoms with Gasteiger partial charge < -0.3 is 5.32 Å². The molecule has 2 rings (SSSR count). The van der Waals surface area contributed by atoms with E-state index in [0.717, 1.165) is 11.3 Å². The summed E-state index contributed by atoms with van der Waals surface area (Å²) in [6.45, 7) is 2.52. The molecule has 0 aromatic heterocycles. The van der Waals surface area contributed by atoms with Gasteiger partial charge in [-0.3, -0.25) is 0 Å². The highest BCUT2D eigenvalue weighted by Crippen LogP contribution is 2.24. The minimum absolute atomic E-state index is 0.130. The normalized spacial score (nSPS) is 16.9. The fourth-order valence-corrected chi connectivity index (χ4v) is 4.51. The van der Waals surface area contributed by atoms with Crippen molar-refractivity contribution in [3.8, 4) is 0 Å². The predicted molar refractivity (Wildman–Crippen MR) is 89.5 cm³/mol. The lowest BCUT2D eigenvalue weighted by atomic mass is 10.2. The fraction of sp³-hybridized carbons (Fsp3) is 0.571. The Morgan fingerprint density at radius 2 is 2.14 bits per heavy atom. The van der Waals surface area contributed by atoms with E-state index < -0.39 is 10.0 Å². The number of rotatable bonds is 8. The summed E-state index contributed by atoms with van der Waals surface area (Å²) >= 11 is 7.67. The lowest BCUT2D eigenvalue weighted by Crippen LogP contribution is -2.34. The van der Waals surface area contributed by atoms with Gasteiger partial charge >= 0.3 is 0 Å². The average molecular weight is 349 g/mol. The minimum Gasteiger partial charge on any atom is -0.310 e. The van der Waals surface area contributed by atoms with Gasteiger partial charge in [-0.15, -0.1) is 0 Å². The zero-order chi connectivity index (χ0) is 15.5. The summed E-state index contributed by atoms with van der Waals surface area (Å²) in [4.78, 5) is 0.159. The topological polar surface area (TPSA) is 58.2 Å². The van der Waals surface area contributed by atoms with E-state index in [1.807, 2.05) is 19.2 Å². The van der Waals surface area contributed by atoms with Gasteiger partial charge in [-0.25, -0.2) is 13.1 Å². The van der Waals surface area contributed by atoms with Crippen LogP contribution in [0.1, 0.15) is 25.3 Å². The van der Waals surface area contributed by atoms with Crippen molar-refractivity contribution in [2.75, 3.05) is 12.0 Å². The third-order valence-electron chi connectivity index (χ3n) is 3.23. The van der Waals surface area contributed by atoms with Crippen LogP contribution in [0.3, 0.4) is 0 Å². The molecule has 21 heavy (non-hydrogen) atoms. The molecule has 1 aliphatic carbocycles. The van der Waals surface area contributed by atoms with Gasteiger partial charge in [0.2, 0.25) is 10.0 Å². The molecule has 1 aromatic carbocycles. The van der Waals surface area contributed by atoms with Gasteiger partial charge in [-0.05, 0) is 43.7 Å². The van der Waals surface area contributed by atoms with Crippen LogP contribution in [0.25, 0.3) is 0 Å². The van der Waals surface area contributed by atoms with Crippen LogP contribution >= 0.6 is 23.4 Å². The Hall–Kier alpha value is -0.270. The third kappa shape index (κ3) is 5.14. The van der Waals surface area contributed by atoms with Crippen molar-refractivity contribution in [3.05, 3.63) is 28.8 Å². The maximum Gasteiger partial charge on any atom is 0.242 e. The van der Waals surface area contributed by atoms with Crippen LogP contribution in [0.15, 0.2) is 23.1 Å². The Bertz CT molecular complexity index is 589. The molecule has 0 heterocycles. The van der Waals surface area contributed by atoms with Crippen molar-refractivity contribution in [3.63, 3.8) is 0 Å². The highest BCUT2D eigenvalue weighted by Gasteiger charge is 2.22. The fourth-order valence-electron chi connectivity index (χ4n) is 2.03. The van der Waals surface area contributed by atoms with Crippen molar-refractivity contribution in [1.29, 1.82) is 0 Å². The number of thioether (sulfide) groups is 1. The van der Waals surface area contributed by atoms with E-state index in [-0.39, 0.29) is 16.0 Å². The smallest absolute Gasteiger partial charge is 0.242 e. The highest BCUT2D eigenvalue weighted by atomic mass is 35.5. The van der Waals surface area contributed by atoms with E-state index in [9.17, 15) is 8.42 Å². The van der Waals surface area contributed by atoms with Crippen LogP contribution in [0.4, 0.5) is 0 Å². The van der Waals surface area contributed by atoms with E-state index in [0.29, 0.717) is 12.6 Å². The molecular formula is C14H21ClN2O2S2. The van der Waals surface area contributed by atoms with Crippen molar-refractivity contribution in [2.24, 2.45) is 0 Å². The first kappa shape index (κ1) is 17.1. The zero-order valence-corrected chi connectivity index (χ0v) is 14.6. The minimum atomic E-state index is -3.58. The van der Waals surface area contributed by atoms with Gasteiger partial charge in [0.1, 0.15) is 4.90 Å². The van der Waals surface area contributed by atoms with Crippen molar-refractivity contribution in [1.82, 2.24) is 10.0 Å². The van der Waals surface area contributed by atoms with E-state index in [4.69, 9.17) is 11.6 Å². The molecule has 1 unspecified atom stereocenters. The standard InChI is InChI=1S/C14H21ClN2O2S2/c1-10(9-20-2)17-21(18,19)14-7-11(3-6-13(14)15)8-16-12-4-5-12/h3,6-7,10,12,16-17H,4-5,8-9H2,1-2H3. The second kappa shape index (κ2) is 7.33. The van der Waals surface area contributed by atoms with Gasteiger partial charge in [0, 0.05) is 24.4 Å². The molecule has 4 nitrogen and oxygen atoms in total. The summed E-state index contributed by atoms with van der Waals surface area (Å²) < 4.78 is 27.5. The first-order valence-corrected chi connectivity index (χ1v) is 10.2.